The minimum atomic E-state index is -0.498. The van der Waals surface area contributed by atoms with Gasteiger partial charge in [0.15, 0.2) is 0 Å². The predicted molar refractivity (Wildman–Crippen MR) is 96.6 cm³/mol. The van der Waals surface area contributed by atoms with E-state index in [1.165, 1.54) is 6.20 Å². The number of rotatable bonds is 7. The average Bonchev–Trinajstić information content (AvgIpc) is 2.64. The number of anilines is 2. The highest BCUT2D eigenvalue weighted by Gasteiger charge is 2.09. The molecule has 128 valence electrons. The SMILES string of the molecule is CCOc1ccc(NC(=O)/C(C#N)=C\Nc2cccc(OC)c2)cc1. The molecule has 0 unspecified atom stereocenters. The summed E-state index contributed by atoms with van der Waals surface area (Å²) in [7, 11) is 1.57. The topological polar surface area (TPSA) is 83.4 Å². The van der Waals surface area contributed by atoms with Crippen molar-refractivity contribution in [2.24, 2.45) is 0 Å². The van der Waals surface area contributed by atoms with E-state index < -0.39 is 5.91 Å². The fourth-order valence-electron chi connectivity index (χ4n) is 2.02. The number of hydrogen-bond donors (Lipinski definition) is 2. The van der Waals surface area contributed by atoms with Gasteiger partial charge in [-0.2, -0.15) is 5.26 Å². The molecule has 0 heterocycles. The van der Waals surface area contributed by atoms with Gasteiger partial charge in [-0.05, 0) is 43.3 Å². The number of ether oxygens (including phenoxy) is 2. The van der Waals surface area contributed by atoms with Gasteiger partial charge in [0.25, 0.3) is 5.91 Å². The third-order valence-electron chi connectivity index (χ3n) is 3.24. The Morgan fingerprint density at radius 3 is 2.56 bits per heavy atom. The van der Waals surface area contributed by atoms with Crippen molar-refractivity contribution in [1.29, 1.82) is 5.26 Å². The van der Waals surface area contributed by atoms with Crippen LogP contribution in [-0.2, 0) is 4.79 Å². The first kappa shape index (κ1) is 17.9. The van der Waals surface area contributed by atoms with E-state index in [-0.39, 0.29) is 5.57 Å². The van der Waals surface area contributed by atoms with Gasteiger partial charge in [-0.3, -0.25) is 4.79 Å². The van der Waals surface area contributed by atoms with Gasteiger partial charge >= 0.3 is 0 Å². The largest absolute Gasteiger partial charge is 0.497 e. The van der Waals surface area contributed by atoms with Crippen molar-refractivity contribution >= 4 is 17.3 Å². The molecule has 0 atom stereocenters. The summed E-state index contributed by atoms with van der Waals surface area (Å²) in [6.07, 6.45) is 1.36. The Morgan fingerprint density at radius 2 is 1.92 bits per heavy atom. The minimum absolute atomic E-state index is 0.0447. The molecule has 2 N–H and O–H groups in total. The highest BCUT2D eigenvalue weighted by atomic mass is 16.5. The van der Waals surface area contributed by atoms with Crippen molar-refractivity contribution in [3.05, 3.63) is 60.3 Å². The van der Waals surface area contributed by atoms with Gasteiger partial charge in [0.1, 0.15) is 23.1 Å². The molecule has 6 heteroatoms. The maximum absolute atomic E-state index is 12.2. The zero-order valence-corrected chi connectivity index (χ0v) is 14.1. The van der Waals surface area contributed by atoms with E-state index in [1.54, 1.807) is 55.6 Å². The third kappa shape index (κ3) is 5.29. The average molecular weight is 337 g/mol. The van der Waals surface area contributed by atoms with E-state index in [9.17, 15) is 10.1 Å². The zero-order valence-electron chi connectivity index (χ0n) is 14.1. The first-order chi connectivity index (χ1) is 12.2. The maximum atomic E-state index is 12.2. The number of nitrogens with zero attached hydrogens (tertiary/aromatic N) is 1. The molecule has 0 aliphatic heterocycles. The number of carbonyl (C=O) groups excluding carboxylic acids is 1. The Hall–Kier alpha value is -3.46. The molecule has 0 radical (unpaired) electrons. The first-order valence-corrected chi connectivity index (χ1v) is 7.71. The fourth-order valence-corrected chi connectivity index (χ4v) is 2.02. The Morgan fingerprint density at radius 1 is 1.16 bits per heavy atom. The van der Waals surface area contributed by atoms with Gasteiger partial charge in [-0.25, -0.2) is 0 Å². The second kappa shape index (κ2) is 8.99. The molecular weight excluding hydrogens is 318 g/mol. The monoisotopic (exact) mass is 337 g/mol. The second-order valence-corrected chi connectivity index (χ2v) is 4.96. The number of nitriles is 1. The standard InChI is InChI=1S/C19H19N3O3/c1-3-25-17-9-7-15(8-10-17)22-19(23)14(12-20)13-21-16-5-4-6-18(11-16)24-2/h4-11,13,21H,3H2,1-2H3,(H,22,23)/b14-13-. The van der Waals surface area contributed by atoms with Crippen LogP contribution in [0.25, 0.3) is 0 Å². The first-order valence-electron chi connectivity index (χ1n) is 7.71. The van der Waals surface area contributed by atoms with Gasteiger partial charge in [0.2, 0.25) is 0 Å². The van der Waals surface area contributed by atoms with E-state index in [2.05, 4.69) is 10.6 Å². The van der Waals surface area contributed by atoms with Crippen molar-refractivity contribution in [3.8, 4) is 17.6 Å². The molecule has 0 saturated carbocycles. The molecule has 0 aliphatic carbocycles. The van der Waals surface area contributed by atoms with Crippen LogP contribution in [-0.4, -0.2) is 19.6 Å². The third-order valence-corrected chi connectivity index (χ3v) is 3.24. The molecule has 0 aromatic heterocycles. The fraction of sp³-hybridized carbons (Fsp3) is 0.158. The summed E-state index contributed by atoms with van der Waals surface area (Å²) in [6.45, 7) is 2.47. The summed E-state index contributed by atoms with van der Waals surface area (Å²) in [6, 6.07) is 16.0. The van der Waals surface area contributed by atoms with Crippen molar-refractivity contribution in [3.63, 3.8) is 0 Å². The number of hydrogen-bond acceptors (Lipinski definition) is 5. The molecule has 2 aromatic rings. The van der Waals surface area contributed by atoms with Crippen LogP contribution >= 0.6 is 0 Å². The minimum Gasteiger partial charge on any atom is -0.497 e. The van der Waals surface area contributed by atoms with E-state index in [0.29, 0.717) is 23.7 Å². The van der Waals surface area contributed by atoms with Crippen LogP contribution in [0.5, 0.6) is 11.5 Å². The predicted octanol–water partition coefficient (Wildman–Crippen LogP) is 3.55. The quantitative estimate of drug-likeness (QED) is 0.596. The Balaban J connectivity index is 2.03. The van der Waals surface area contributed by atoms with Crippen LogP contribution in [0.2, 0.25) is 0 Å². The Bertz CT molecular complexity index is 792. The van der Waals surface area contributed by atoms with Crippen molar-refractivity contribution < 1.29 is 14.3 Å². The van der Waals surface area contributed by atoms with Crippen LogP contribution in [0.15, 0.2) is 60.3 Å². The van der Waals surface area contributed by atoms with Crippen LogP contribution in [0.1, 0.15) is 6.92 Å². The molecule has 25 heavy (non-hydrogen) atoms. The van der Waals surface area contributed by atoms with Crippen molar-refractivity contribution in [2.45, 2.75) is 6.92 Å². The highest BCUT2D eigenvalue weighted by molar-refractivity contribution is 6.06. The number of carbonyl (C=O) groups is 1. The molecule has 6 nitrogen and oxygen atoms in total. The van der Waals surface area contributed by atoms with Gasteiger partial charge in [-0.15, -0.1) is 0 Å². The smallest absolute Gasteiger partial charge is 0.267 e. The molecule has 0 fully saturated rings. The van der Waals surface area contributed by atoms with Crippen molar-refractivity contribution in [1.82, 2.24) is 0 Å². The number of benzene rings is 2. The van der Waals surface area contributed by atoms with Gasteiger partial charge < -0.3 is 20.1 Å². The lowest BCUT2D eigenvalue weighted by Gasteiger charge is -2.07. The highest BCUT2D eigenvalue weighted by Crippen LogP contribution is 2.18. The molecule has 0 saturated heterocycles. The summed E-state index contributed by atoms with van der Waals surface area (Å²) < 4.78 is 10.5. The number of methoxy groups -OCH3 is 1. The van der Waals surface area contributed by atoms with E-state index in [1.807, 2.05) is 13.0 Å². The molecule has 1 amide bonds. The maximum Gasteiger partial charge on any atom is 0.267 e. The summed E-state index contributed by atoms with van der Waals surface area (Å²) >= 11 is 0. The van der Waals surface area contributed by atoms with Crippen LogP contribution in [0, 0.1) is 11.3 Å². The van der Waals surface area contributed by atoms with E-state index in [0.717, 1.165) is 5.75 Å². The lowest BCUT2D eigenvalue weighted by molar-refractivity contribution is -0.112. The molecule has 2 rings (SSSR count). The summed E-state index contributed by atoms with van der Waals surface area (Å²) in [5.41, 5.74) is 1.24. The Labute approximate surface area is 146 Å². The Kier molecular flexibility index (Phi) is 6.43. The molecule has 2 aromatic carbocycles. The second-order valence-electron chi connectivity index (χ2n) is 4.96. The lowest BCUT2D eigenvalue weighted by Crippen LogP contribution is -2.14. The number of amides is 1. The molecule has 0 bridgehead atoms. The summed E-state index contributed by atoms with van der Waals surface area (Å²) in [5.74, 6) is 0.897. The van der Waals surface area contributed by atoms with Gasteiger partial charge in [0, 0.05) is 23.6 Å². The lowest BCUT2D eigenvalue weighted by atomic mass is 10.2. The molecular formula is C19H19N3O3. The van der Waals surface area contributed by atoms with Crippen LogP contribution in [0.4, 0.5) is 11.4 Å². The van der Waals surface area contributed by atoms with Crippen molar-refractivity contribution in [2.75, 3.05) is 24.4 Å². The van der Waals surface area contributed by atoms with E-state index in [4.69, 9.17) is 9.47 Å². The zero-order chi connectivity index (χ0) is 18.1. The normalized spacial score (nSPS) is 10.5. The summed E-state index contributed by atoms with van der Waals surface area (Å²) in [4.78, 5) is 12.2. The van der Waals surface area contributed by atoms with Crippen LogP contribution in [0.3, 0.4) is 0 Å². The number of nitrogens with one attached hydrogen (secondary N) is 2. The summed E-state index contributed by atoms with van der Waals surface area (Å²) in [5, 5.41) is 14.8. The van der Waals surface area contributed by atoms with Gasteiger partial charge in [-0.1, -0.05) is 6.07 Å². The molecule has 0 spiro atoms. The van der Waals surface area contributed by atoms with Gasteiger partial charge in [0.05, 0.1) is 13.7 Å². The molecule has 0 aliphatic rings. The van der Waals surface area contributed by atoms with Crippen LogP contribution < -0.4 is 20.1 Å². The van der Waals surface area contributed by atoms with E-state index >= 15 is 0 Å².